The predicted molar refractivity (Wildman–Crippen MR) is 85.4 cm³/mol. The molecule has 21 heavy (non-hydrogen) atoms. The first kappa shape index (κ1) is 15.4. The summed E-state index contributed by atoms with van der Waals surface area (Å²) in [5, 5.41) is 3.54. The zero-order valence-corrected chi connectivity index (χ0v) is 13.0. The molecule has 0 bridgehead atoms. The number of nitrogen functional groups attached to an aromatic ring is 1. The number of oxazole rings is 1. The van der Waals surface area contributed by atoms with E-state index in [2.05, 4.69) is 10.3 Å². The van der Waals surface area contributed by atoms with E-state index < -0.39 is 0 Å². The van der Waals surface area contributed by atoms with Gasteiger partial charge in [0.1, 0.15) is 6.26 Å². The first-order chi connectivity index (χ1) is 10.1. The largest absolute Gasteiger partial charge is 0.440 e. The van der Waals surface area contributed by atoms with Crippen LogP contribution in [-0.4, -0.2) is 16.6 Å². The van der Waals surface area contributed by atoms with Crippen LogP contribution in [0, 0.1) is 13.8 Å². The van der Waals surface area contributed by atoms with Crippen molar-refractivity contribution >= 4 is 29.0 Å². The van der Waals surface area contributed by atoms with Crippen molar-refractivity contribution in [3.63, 3.8) is 0 Å². The second kappa shape index (κ2) is 7.17. The number of carbonyl (C=O) groups excluding carboxylic acids is 1. The molecule has 2 aromatic rings. The topological polar surface area (TPSA) is 81.2 Å². The minimum absolute atomic E-state index is 0.00659. The SMILES string of the molecule is Cc1coc(SCCCC(=O)Nc2cccc(N)c2C)n1. The van der Waals surface area contributed by atoms with Gasteiger partial charge in [-0.05, 0) is 38.0 Å². The lowest BCUT2D eigenvalue weighted by molar-refractivity contribution is -0.116. The molecular weight excluding hydrogens is 286 g/mol. The highest BCUT2D eigenvalue weighted by Gasteiger charge is 2.07. The summed E-state index contributed by atoms with van der Waals surface area (Å²) >= 11 is 1.52. The van der Waals surface area contributed by atoms with E-state index in [4.69, 9.17) is 10.2 Å². The van der Waals surface area contributed by atoms with Gasteiger partial charge in [0.15, 0.2) is 0 Å². The third-order valence-corrected chi connectivity index (χ3v) is 3.95. The van der Waals surface area contributed by atoms with E-state index >= 15 is 0 Å². The van der Waals surface area contributed by atoms with Gasteiger partial charge in [0.05, 0.1) is 5.69 Å². The number of amides is 1. The Kier molecular flexibility index (Phi) is 5.27. The summed E-state index contributed by atoms with van der Waals surface area (Å²) in [4.78, 5) is 16.1. The Bertz CT molecular complexity index is 625. The number of nitrogens with two attached hydrogens (primary N) is 1. The number of carbonyl (C=O) groups is 1. The van der Waals surface area contributed by atoms with Gasteiger partial charge in [-0.25, -0.2) is 4.98 Å². The quantitative estimate of drug-likeness (QED) is 0.486. The Labute approximate surface area is 128 Å². The highest BCUT2D eigenvalue weighted by atomic mass is 32.2. The molecule has 0 unspecified atom stereocenters. The van der Waals surface area contributed by atoms with Crippen molar-refractivity contribution in [1.29, 1.82) is 0 Å². The zero-order valence-electron chi connectivity index (χ0n) is 12.2. The van der Waals surface area contributed by atoms with Crippen LogP contribution in [0.25, 0.3) is 0 Å². The van der Waals surface area contributed by atoms with E-state index in [1.165, 1.54) is 11.8 Å². The zero-order chi connectivity index (χ0) is 15.2. The molecule has 1 aromatic heterocycles. The molecule has 0 spiro atoms. The number of thioether (sulfide) groups is 1. The average molecular weight is 305 g/mol. The van der Waals surface area contributed by atoms with E-state index in [1.807, 2.05) is 32.0 Å². The molecular formula is C15H19N3O2S. The Morgan fingerprint density at radius 3 is 2.95 bits per heavy atom. The summed E-state index contributed by atoms with van der Waals surface area (Å²) in [6.07, 6.45) is 2.85. The molecule has 1 aromatic carbocycles. The van der Waals surface area contributed by atoms with Crippen LogP contribution in [-0.2, 0) is 4.79 Å². The Morgan fingerprint density at radius 2 is 2.24 bits per heavy atom. The normalized spacial score (nSPS) is 10.6. The van der Waals surface area contributed by atoms with Crippen LogP contribution in [0.1, 0.15) is 24.1 Å². The molecule has 3 N–H and O–H groups in total. The summed E-state index contributed by atoms with van der Waals surface area (Å²) in [7, 11) is 0. The Hall–Kier alpha value is -1.95. The molecule has 2 rings (SSSR count). The van der Waals surface area contributed by atoms with Crippen LogP contribution in [0.2, 0.25) is 0 Å². The first-order valence-corrected chi connectivity index (χ1v) is 7.74. The van der Waals surface area contributed by atoms with E-state index in [0.717, 1.165) is 29.1 Å². The molecule has 0 saturated carbocycles. The van der Waals surface area contributed by atoms with Crippen molar-refractivity contribution < 1.29 is 9.21 Å². The molecule has 5 nitrogen and oxygen atoms in total. The minimum atomic E-state index is -0.00659. The summed E-state index contributed by atoms with van der Waals surface area (Å²) < 4.78 is 5.23. The maximum absolute atomic E-state index is 11.9. The number of hydrogen-bond donors (Lipinski definition) is 2. The molecule has 0 atom stereocenters. The van der Waals surface area contributed by atoms with E-state index in [1.54, 1.807) is 6.26 Å². The number of hydrogen-bond acceptors (Lipinski definition) is 5. The Morgan fingerprint density at radius 1 is 1.43 bits per heavy atom. The van der Waals surface area contributed by atoms with Crippen LogP contribution < -0.4 is 11.1 Å². The molecule has 0 aliphatic rings. The third kappa shape index (κ3) is 4.53. The van der Waals surface area contributed by atoms with Gasteiger partial charge in [-0.15, -0.1) is 0 Å². The van der Waals surface area contributed by atoms with Crippen molar-refractivity contribution in [1.82, 2.24) is 4.98 Å². The second-order valence-corrected chi connectivity index (χ2v) is 5.82. The fourth-order valence-corrected chi connectivity index (χ4v) is 2.58. The van der Waals surface area contributed by atoms with Crippen molar-refractivity contribution in [2.75, 3.05) is 16.8 Å². The van der Waals surface area contributed by atoms with Crippen molar-refractivity contribution in [3.8, 4) is 0 Å². The average Bonchev–Trinajstić information content (AvgIpc) is 2.86. The van der Waals surface area contributed by atoms with Gasteiger partial charge in [-0.3, -0.25) is 4.79 Å². The first-order valence-electron chi connectivity index (χ1n) is 6.76. The number of aromatic nitrogens is 1. The van der Waals surface area contributed by atoms with Crippen molar-refractivity contribution in [3.05, 3.63) is 35.7 Å². The van der Waals surface area contributed by atoms with E-state index in [0.29, 0.717) is 17.3 Å². The monoisotopic (exact) mass is 305 g/mol. The van der Waals surface area contributed by atoms with Crippen LogP contribution in [0.15, 0.2) is 34.1 Å². The molecule has 0 fully saturated rings. The predicted octanol–water partition coefficient (Wildman–Crippen LogP) is 3.38. The molecule has 112 valence electrons. The molecule has 0 aliphatic heterocycles. The Balaban J connectivity index is 1.73. The van der Waals surface area contributed by atoms with Crippen molar-refractivity contribution in [2.45, 2.75) is 31.9 Å². The lowest BCUT2D eigenvalue weighted by atomic mass is 10.1. The molecule has 1 heterocycles. The van der Waals surface area contributed by atoms with Crippen LogP contribution in [0.3, 0.4) is 0 Å². The molecule has 0 saturated heterocycles. The van der Waals surface area contributed by atoms with Gasteiger partial charge in [0.25, 0.3) is 5.22 Å². The number of nitrogens with zero attached hydrogens (tertiary/aromatic N) is 1. The van der Waals surface area contributed by atoms with Crippen molar-refractivity contribution in [2.24, 2.45) is 0 Å². The van der Waals surface area contributed by atoms with Gasteiger partial charge >= 0.3 is 0 Å². The number of aryl methyl sites for hydroxylation is 1. The summed E-state index contributed by atoms with van der Waals surface area (Å²) in [6.45, 7) is 3.78. The van der Waals surface area contributed by atoms with Gasteiger partial charge in [0, 0.05) is 23.5 Å². The van der Waals surface area contributed by atoms with Crippen LogP contribution >= 0.6 is 11.8 Å². The fraction of sp³-hybridized carbons (Fsp3) is 0.333. The van der Waals surface area contributed by atoms with E-state index in [9.17, 15) is 4.79 Å². The molecule has 0 radical (unpaired) electrons. The summed E-state index contributed by atoms with van der Waals surface area (Å²) in [5.41, 5.74) is 9.04. The highest BCUT2D eigenvalue weighted by Crippen LogP contribution is 2.21. The standard InChI is InChI=1S/C15H19N3O2S/c1-10-9-20-15(17-10)21-8-4-7-14(19)18-13-6-3-5-12(16)11(13)2/h3,5-6,9H,4,7-8,16H2,1-2H3,(H,18,19). The fourth-order valence-electron chi connectivity index (χ4n) is 1.79. The number of rotatable bonds is 6. The maximum atomic E-state index is 11.9. The highest BCUT2D eigenvalue weighted by molar-refractivity contribution is 7.99. The summed E-state index contributed by atoms with van der Waals surface area (Å²) in [5.74, 6) is 0.788. The minimum Gasteiger partial charge on any atom is -0.440 e. The van der Waals surface area contributed by atoms with Crippen LogP contribution in [0.4, 0.5) is 11.4 Å². The molecule has 0 aliphatic carbocycles. The lowest BCUT2D eigenvalue weighted by Crippen LogP contribution is -2.12. The van der Waals surface area contributed by atoms with Gasteiger partial charge < -0.3 is 15.5 Å². The lowest BCUT2D eigenvalue weighted by Gasteiger charge is -2.09. The van der Waals surface area contributed by atoms with Crippen LogP contribution in [0.5, 0.6) is 0 Å². The smallest absolute Gasteiger partial charge is 0.255 e. The number of anilines is 2. The maximum Gasteiger partial charge on any atom is 0.255 e. The van der Waals surface area contributed by atoms with Gasteiger partial charge in [-0.1, -0.05) is 17.8 Å². The molecule has 1 amide bonds. The van der Waals surface area contributed by atoms with Gasteiger partial charge in [0.2, 0.25) is 5.91 Å². The van der Waals surface area contributed by atoms with E-state index in [-0.39, 0.29) is 5.91 Å². The number of benzene rings is 1. The van der Waals surface area contributed by atoms with Gasteiger partial charge in [-0.2, -0.15) is 0 Å². The second-order valence-electron chi connectivity index (χ2n) is 4.77. The third-order valence-electron chi connectivity index (χ3n) is 3.02. The molecule has 6 heteroatoms. The summed E-state index contributed by atoms with van der Waals surface area (Å²) in [6, 6.07) is 5.51. The number of nitrogens with one attached hydrogen (secondary N) is 1.